The SMILES string of the molecule is O=C(COC(=O)c1ccc(S(=O)(=O)N2CCCCCC2)cc1)Nc1ncc(Cl)cc1Cl. The third-order valence-electron chi connectivity index (χ3n) is 4.69. The van der Waals surface area contributed by atoms with E-state index in [2.05, 4.69) is 10.3 Å². The van der Waals surface area contributed by atoms with Gasteiger partial charge in [0.2, 0.25) is 10.0 Å². The van der Waals surface area contributed by atoms with E-state index in [1.54, 1.807) is 0 Å². The molecule has 1 saturated heterocycles. The molecule has 0 spiro atoms. The Morgan fingerprint density at radius 1 is 1.06 bits per heavy atom. The Labute approximate surface area is 190 Å². The Morgan fingerprint density at radius 2 is 1.71 bits per heavy atom. The monoisotopic (exact) mass is 485 g/mol. The van der Waals surface area contributed by atoms with Gasteiger partial charge in [0, 0.05) is 19.3 Å². The van der Waals surface area contributed by atoms with Gasteiger partial charge in [0.05, 0.1) is 20.5 Å². The molecule has 0 saturated carbocycles. The minimum absolute atomic E-state index is 0.0928. The van der Waals surface area contributed by atoms with Crippen LogP contribution in [0.4, 0.5) is 5.82 Å². The zero-order chi connectivity index (χ0) is 22.4. The van der Waals surface area contributed by atoms with E-state index in [4.69, 9.17) is 27.9 Å². The van der Waals surface area contributed by atoms with Crippen molar-refractivity contribution < 1.29 is 22.7 Å². The van der Waals surface area contributed by atoms with Crippen molar-refractivity contribution in [3.05, 3.63) is 52.1 Å². The highest BCUT2D eigenvalue weighted by atomic mass is 35.5. The smallest absolute Gasteiger partial charge is 0.338 e. The average Bonchev–Trinajstić information content (AvgIpc) is 3.04. The number of hydrogen-bond donors (Lipinski definition) is 1. The number of amides is 1. The van der Waals surface area contributed by atoms with Crippen molar-refractivity contribution in [3.8, 4) is 0 Å². The van der Waals surface area contributed by atoms with Crippen LogP contribution in [0.5, 0.6) is 0 Å². The summed E-state index contributed by atoms with van der Waals surface area (Å²) in [5.74, 6) is -1.30. The molecule has 3 rings (SSSR count). The molecule has 1 amide bonds. The topological polar surface area (TPSA) is 106 Å². The van der Waals surface area contributed by atoms with Gasteiger partial charge in [-0.15, -0.1) is 0 Å². The summed E-state index contributed by atoms with van der Waals surface area (Å²) in [6.45, 7) is 0.425. The molecule has 1 fully saturated rings. The van der Waals surface area contributed by atoms with Gasteiger partial charge in [0.15, 0.2) is 12.4 Å². The van der Waals surface area contributed by atoms with Crippen LogP contribution in [0.1, 0.15) is 36.0 Å². The molecule has 0 unspecified atom stereocenters. The largest absolute Gasteiger partial charge is 0.452 e. The van der Waals surface area contributed by atoms with Crippen LogP contribution in [0.15, 0.2) is 41.4 Å². The third-order valence-corrected chi connectivity index (χ3v) is 7.10. The van der Waals surface area contributed by atoms with Gasteiger partial charge in [-0.1, -0.05) is 36.0 Å². The standard InChI is InChI=1S/C20H21Cl2N3O5S/c21-15-11-17(22)19(23-12-15)24-18(26)13-30-20(27)14-5-7-16(8-6-14)31(28,29)25-9-3-1-2-4-10-25/h5-8,11-12H,1-4,9-10,13H2,(H,23,24,26). The second kappa shape index (κ2) is 10.4. The fourth-order valence-electron chi connectivity index (χ4n) is 3.08. The highest BCUT2D eigenvalue weighted by Crippen LogP contribution is 2.23. The van der Waals surface area contributed by atoms with E-state index >= 15 is 0 Å². The van der Waals surface area contributed by atoms with Gasteiger partial charge < -0.3 is 10.1 Å². The number of halogens is 2. The van der Waals surface area contributed by atoms with Crippen molar-refractivity contribution in [2.24, 2.45) is 0 Å². The van der Waals surface area contributed by atoms with E-state index in [0.29, 0.717) is 18.1 Å². The first-order chi connectivity index (χ1) is 14.8. The lowest BCUT2D eigenvalue weighted by Gasteiger charge is -2.19. The minimum Gasteiger partial charge on any atom is -0.452 e. The van der Waals surface area contributed by atoms with E-state index < -0.39 is 28.5 Å². The molecule has 11 heteroatoms. The van der Waals surface area contributed by atoms with Crippen molar-refractivity contribution in [3.63, 3.8) is 0 Å². The molecule has 0 bridgehead atoms. The van der Waals surface area contributed by atoms with Crippen LogP contribution in [-0.4, -0.2) is 49.3 Å². The van der Waals surface area contributed by atoms with Crippen molar-refractivity contribution >= 4 is 50.9 Å². The highest BCUT2D eigenvalue weighted by molar-refractivity contribution is 7.89. The quantitative estimate of drug-likeness (QED) is 0.624. The number of esters is 1. The molecule has 166 valence electrons. The third kappa shape index (κ3) is 6.16. The number of aromatic nitrogens is 1. The summed E-state index contributed by atoms with van der Waals surface area (Å²) in [6, 6.07) is 6.88. The average molecular weight is 486 g/mol. The van der Waals surface area contributed by atoms with Crippen LogP contribution in [0.25, 0.3) is 0 Å². The Kier molecular flexibility index (Phi) is 7.88. The number of nitrogens with zero attached hydrogens (tertiary/aromatic N) is 2. The molecule has 1 aromatic carbocycles. The lowest BCUT2D eigenvalue weighted by Crippen LogP contribution is -2.31. The lowest BCUT2D eigenvalue weighted by atomic mass is 10.2. The van der Waals surface area contributed by atoms with Gasteiger partial charge >= 0.3 is 5.97 Å². The predicted molar refractivity (Wildman–Crippen MR) is 117 cm³/mol. The molecule has 2 aromatic rings. The van der Waals surface area contributed by atoms with Crippen LogP contribution in [0.3, 0.4) is 0 Å². The fraction of sp³-hybridized carbons (Fsp3) is 0.350. The maximum atomic E-state index is 12.8. The molecule has 2 heterocycles. The molecule has 31 heavy (non-hydrogen) atoms. The van der Waals surface area contributed by atoms with Crippen molar-refractivity contribution in [1.82, 2.24) is 9.29 Å². The van der Waals surface area contributed by atoms with Crippen LogP contribution in [0.2, 0.25) is 10.0 Å². The summed E-state index contributed by atoms with van der Waals surface area (Å²) in [4.78, 5) is 28.2. The van der Waals surface area contributed by atoms with Gasteiger partial charge in [0.1, 0.15) is 0 Å². The predicted octanol–water partition coefficient (Wildman–Crippen LogP) is 3.75. The number of carbonyl (C=O) groups is 2. The summed E-state index contributed by atoms with van der Waals surface area (Å²) >= 11 is 11.7. The van der Waals surface area contributed by atoms with Crippen molar-refractivity contribution in [2.45, 2.75) is 30.6 Å². The first kappa shape index (κ1) is 23.5. The first-order valence-corrected chi connectivity index (χ1v) is 11.9. The number of carbonyl (C=O) groups excluding carboxylic acids is 2. The molecule has 1 aliphatic rings. The molecule has 0 radical (unpaired) electrons. The second-order valence-corrected chi connectivity index (χ2v) is 9.73. The highest BCUT2D eigenvalue weighted by Gasteiger charge is 2.25. The van der Waals surface area contributed by atoms with E-state index in [1.165, 1.54) is 40.8 Å². The van der Waals surface area contributed by atoms with E-state index in [-0.39, 0.29) is 21.3 Å². The number of pyridine rings is 1. The number of nitrogens with one attached hydrogen (secondary N) is 1. The summed E-state index contributed by atoms with van der Waals surface area (Å²) < 4.78 is 32.0. The van der Waals surface area contributed by atoms with Crippen LogP contribution in [0, 0.1) is 0 Å². The van der Waals surface area contributed by atoms with Crippen LogP contribution >= 0.6 is 23.2 Å². The Hall–Kier alpha value is -2.20. The summed E-state index contributed by atoms with van der Waals surface area (Å²) in [5, 5.41) is 2.87. The normalized spacial score (nSPS) is 15.2. The Bertz CT molecular complexity index is 1050. The number of sulfonamides is 1. The number of benzene rings is 1. The van der Waals surface area contributed by atoms with E-state index in [1.807, 2.05) is 0 Å². The fourth-order valence-corrected chi connectivity index (χ4v) is 5.03. The number of ether oxygens (including phenoxy) is 1. The van der Waals surface area contributed by atoms with Gasteiger partial charge in [-0.2, -0.15) is 4.31 Å². The summed E-state index contributed by atoms with van der Waals surface area (Å²) in [5.41, 5.74) is 0.130. The molecule has 1 aromatic heterocycles. The van der Waals surface area contributed by atoms with Crippen LogP contribution < -0.4 is 5.32 Å². The van der Waals surface area contributed by atoms with Gasteiger partial charge in [0.25, 0.3) is 5.91 Å². The van der Waals surface area contributed by atoms with Gasteiger partial charge in [-0.05, 0) is 43.2 Å². The number of rotatable bonds is 6. The Morgan fingerprint density at radius 3 is 2.32 bits per heavy atom. The summed E-state index contributed by atoms with van der Waals surface area (Å²) in [6.07, 6.45) is 5.02. The second-order valence-electron chi connectivity index (χ2n) is 6.95. The van der Waals surface area contributed by atoms with Crippen molar-refractivity contribution in [1.29, 1.82) is 0 Å². The van der Waals surface area contributed by atoms with Crippen molar-refractivity contribution in [2.75, 3.05) is 25.0 Å². The summed E-state index contributed by atoms with van der Waals surface area (Å²) in [7, 11) is -3.61. The molecule has 1 N–H and O–H groups in total. The molecular weight excluding hydrogens is 465 g/mol. The molecule has 8 nitrogen and oxygen atoms in total. The Balaban J connectivity index is 1.58. The molecule has 0 aliphatic carbocycles. The molecule has 0 atom stereocenters. The number of anilines is 1. The first-order valence-electron chi connectivity index (χ1n) is 9.65. The van der Waals surface area contributed by atoms with E-state index in [0.717, 1.165) is 25.7 Å². The zero-order valence-electron chi connectivity index (χ0n) is 16.5. The molecular formula is C20H21Cl2N3O5S. The van der Waals surface area contributed by atoms with Crippen LogP contribution in [-0.2, 0) is 19.6 Å². The van der Waals surface area contributed by atoms with Gasteiger partial charge in [-0.25, -0.2) is 18.2 Å². The van der Waals surface area contributed by atoms with E-state index in [9.17, 15) is 18.0 Å². The minimum atomic E-state index is -3.61. The van der Waals surface area contributed by atoms with Gasteiger partial charge in [-0.3, -0.25) is 4.79 Å². The molecule has 1 aliphatic heterocycles. The lowest BCUT2D eigenvalue weighted by molar-refractivity contribution is -0.119. The zero-order valence-corrected chi connectivity index (χ0v) is 18.8. The maximum absolute atomic E-state index is 12.8. The maximum Gasteiger partial charge on any atom is 0.338 e. The number of hydrogen-bond acceptors (Lipinski definition) is 6.